The Morgan fingerprint density at radius 3 is 2.65 bits per heavy atom. The number of hydrogen-bond acceptors (Lipinski definition) is 2. The summed E-state index contributed by atoms with van der Waals surface area (Å²) in [5.74, 6) is -0.381. The molecule has 0 aromatic heterocycles. The first-order chi connectivity index (χ1) is 7.96. The molecule has 0 amide bonds. The van der Waals surface area contributed by atoms with Gasteiger partial charge in [0.1, 0.15) is 5.54 Å². The minimum atomic E-state index is -0.632. The highest BCUT2D eigenvalue weighted by atomic mass is 16.4. The SMILES string of the molecule is CCCC(C)N(C)C1(C(=O)O)CCCCC1C. The molecule has 1 aliphatic carbocycles. The Balaban J connectivity index is 2.94. The molecule has 0 aliphatic heterocycles. The molecule has 17 heavy (non-hydrogen) atoms. The van der Waals surface area contributed by atoms with Gasteiger partial charge < -0.3 is 5.11 Å². The number of nitrogens with zero attached hydrogens (tertiary/aromatic N) is 1. The largest absolute Gasteiger partial charge is 0.480 e. The van der Waals surface area contributed by atoms with Crippen LogP contribution in [0.5, 0.6) is 0 Å². The molecule has 0 saturated heterocycles. The summed E-state index contributed by atoms with van der Waals surface area (Å²) in [7, 11) is 2.00. The second-order valence-electron chi connectivity index (χ2n) is 5.62. The smallest absolute Gasteiger partial charge is 0.324 e. The predicted molar refractivity (Wildman–Crippen MR) is 70.1 cm³/mol. The lowest BCUT2D eigenvalue weighted by Gasteiger charge is -2.48. The van der Waals surface area contributed by atoms with Gasteiger partial charge in [-0.2, -0.15) is 0 Å². The van der Waals surface area contributed by atoms with Crippen molar-refractivity contribution in [1.82, 2.24) is 4.90 Å². The normalized spacial score (nSPS) is 31.5. The van der Waals surface area contributed by atoms with Crippen molar-refractivity contribution in [2.45, 2.75) is 70.9 Å². The van der Waals surface area contributed by atoms with E-state index >= 15 is 0 Å². The molecule has 1 fully saturated rings. The van der Waals surface area contributed by atoms with Crippen molar-refractivity contribution in [2.24, 2.45) is 5.92 Å². The van der Waals surface area contributed by atoms with Gasteiger partial charge in [0, 0.05) is 6.04 Å². The highest BCUT2D eigenvalue weighted by Gasteiger charge is 2.49. The molecule has 0 radical (unpaired) electrons. The lowest BCUT2D eigenvalue weighted by Crippen LogP contribution is -2.61. The number of likely N-dealkylation sites (N-methyl/N-ethyl adjacent to an activating group) is 1. The first kappa shape index (κ1) is 14.5. The lowest BCUT2D eigenvalue weighted by molar-refractivity contribution is -0.159. The number of aliphatic carboxylic acids is 1. The molecule has 0 bridgehead atoms. The van der Waals surface area contributed by atoms with Crippen LogP contribution in [-0.4, -0.2) is 34.6 Å². The van der Waals surface area contributed by atoms with Gasteiger partial charge in [-0.05, 0) is 39.2 Å². The van der Waals surface area contributed by atoms with Gasteiger partial charge in [-0.3, -0.25) is 9.69 Å². The maximum atomic E-state index is 11.8. The van der Waals surface area contributed by atoms with Gasteiger partial charge in [0.25, 0.3) is 0 Å². The van der Waals surface area contributed by atoms with E-state index < -0.39 is 11.5 Å². The van der Waals surface area contributed by atoms with E-state index in [4.69, 9.17) is 0 Å². The molecule has 0 heterocycles. The maximum absolute atomic E-state index is 11.8. The van der Waals surface area contributed by atoms with Crippen LogP contribution in [0.2, 0.25) is 0 Å². The molecule has 3 nitrogen and oxygen atoms in total. The fourth-order valence-electron chi connectivity index (χ4n) is 3.33. The van der Waals surface area contributed by atoms with Crippen LogP contribution in [0.15, 0.2) is 0 Å². The molecular formula is C14H27NO2. The summed E-state index contributed by atoms with van der Waals surface area (Å²) in [4.78, 5) is 13.9. The second kappa shape index (κ2) is 5.85. The van der Waals surface area contributed by atoms with Crippen molar-refractivity contribution in [3.63, 3.8) is 0 Å². The standard InChI is InChI=1S/C14H27NO2/c1-5-8-12(3)15(4)14(13(16)17)10-7-6-9-11(14)2/h11-12H,5-10H2,1-4H3,(H,16,17). The van der Waals surface area contributed by atoms with Gasteiger partial charge >= 0.3 is 5.97 Å². The highest BCUT2D eigenvalue weighted by Crippen LogP contribution is 2.39. The predicted octanol–water partition coefficient (Wildman–Crippen LogP) is 3.14. The highest BCUT2D eigenvalue weighted by molar-refractivity contribution is 5.79. The zero-order valence-electron chi connectivity index (χ0n) is 11.7. The van der Waals surface area contributed by atoms with E-state index in [1.165, 1.54) is 6.42 Å². The minimum absolute atomic E-state index is 0.248. The zero-order valence-corrected chi connectivity index (χ0v) is 11.7. The van der Waals surface area contributed by atoms with Crippen LogP contribution in [-0.2, 0) is 4.79 Å². The Morgan fingerprint density at radius 2 is 2.18 bits per heavy atom. The van der Waals surface area contributed by atoms with E-state index in [9.17, 15) is 9.90 Å². The van der Waals surface area contributed by atoms with Crippen LogP contribution in [0.4, 0.5) is 0 Å². The molecule has 0 aromatic carbocycles. The van der Waals surface area contributed by atoms with Crippen LogP contribution in [0, 0.1) is 5.92 Å². The minimum Gasteiger partial charge on any atom is -0.480 e. The molecule has 1 aliphatic rings. The molecule has 1 saturated carbocycles. The fraction of sp³-hybridized carbons (Fsp3) is 0.929. The van der Waals surface area contributed by atoms with Crippen molar-refractivity contribution in [3.05, 3.63) is 0 Å². The molecule has 3 atom stereocenters. The molecule has 3 heteroatoms. The summed E-state index contributed by atoms with van der Waals surface area (Å²) in [6.07, 6.45) is 6.23. The van der Waals surface area contributed by atoms with E-state index in [0.29, 0.717) is 6.04 Å². The first-order valence-electron chi connectivity index (χ1n) is 6.93. The Hall–Kier alpha value is -0.570. The van der Waals surface area contributed by atoms with Gasteiger partial charge in [-0.25, -0.2) is 0 Å². The quantitative estimate of drug-likeness (QED) is 0.804. The lowest BCUT2D eigenvalue weighted by atomic mass is 9.72. The summed E-state index contributed by atoms with van der Waals surface area (Å²) >= 11 is 0. The van der Waals surface area contributed by atoms with Crippen LogP contribution < -0.4 is 0 Å². The third-order valence-electron chi connectivity index (χ3n) is 4.63. The summed E-state index contributed by atoms with van der Waals surface area (Å²) in [6.45, 7) is 6.40. The van der Waals surface area contributed by atoms with Crippen molar-refractivity contribution in [2.75, 3.05) is 7.05 Å². The number of carbonyl (C=O) groups is 1. The Bertz CT molecular complexity index is 267. The van der Waals surface area contributed by atoms with Gasteiger partial charge in [0.05, 0.1) is 0 Å². The van der Waals surface area contributed by atoms with Gasteiger partial charge in [-0.15, -0.1) is 0 Å². The van der Waals surface area contributed by atoms with Gasteiger partial charge in [0.15, 0.2) is 0 Å². The van der Waals surface area contributed by atoms with Crippen molar-refractivity contribution in [3.8, 4) is 0 Å². The van der Waals surface area contributed by atoms with E-state index in [1.54, 1.807) is 0 Å². The Morgan fingerprint density at radius 1 is 1.53 bits per heavy atom. The second-order valence-corrected chi connectivity index (χ2v) is 5.62. The number of rotatable bonds is 5. The first-order valence-corrected chi connectivity index (χ1v) is 6.93. The average Bonchev–Trinajstić information content (AvgIpc) is 2.29. The fourth-order valence-corrected chi connectivity index (χ4v) is 3.33. The molecule has 1 N–H and O–H groups in total. The van der Waals surface area contributed by atoms with Crippen LogP contribution in [0.3, 0.4) is 0 Å². The van der Waals surface area contributed by atoms with E-state index in [2.05, 4.69) is 25.7 Å². The summed E-state index contributed by atoms with van der Waals surface area (Å²) < 4.78 is 0. The number of carboxylic acids is 1. The summed E-state index contributed by atoms with van der Waals surface area (Å²) in [5, 5.41) is 9.71. The third kappa shape index (κ3) is 2.65. The van der Waals surface area contributed by atoms with Crippen LogP contribution in [0.25, 0.3) is 0 Å². The number of carboxylic acid groups (broad SMARTS) is 1. The van der Waals surface area contributed by atoms with Crippen molar-refractivity contribution >= 4 is 5.97 Å². The summed E-state index contributed by atoms with van der Waals surface area (Å²) in [6, 6.07) is 0.344. The molecule has 100 valence electrons. The average molecular weight is 241 g/mol. The maximum Gasteiger partial charge on any atom is 0.324 e. The Kier molecular flexibility index (Phi) is 4.99. The van der Waals surface area contributed by atoms with Gasteiger partial charge in [-0.1, -0.05) is 33.1 Å². The molecule has 0 aromatic rings. The van der Waals surface area contributed by atoms with Crippen LogP contribution >= 0.6 is 0 Å². The molecular weight excluding hydrogens is 214 g/mol. The van der Waals surface area contributed by atoms with Crippen molar-refractivity contribution < 1.29 is 9.90 Å². The third-order valence-corrected chi connectivity index (χ3v) is 4.63. The van der Waals surface area contributed by atoms with Gasteiger partial charge in [0.2, 0.25) is 0 Å². The molecule has 1 rings (SSSR count). The number of hydrogen-bond donors (Lipinski definition) is 1. The molecule has 3 unspecified atom stereocenters. The molecule has 0 spiro atoms. The van der Waals surface area contributed by atoms with E-state index in [1.807, 2.05) is 7.05 Å². The zero-order chi connectivity index (χ0) is 13.1. The monoisotopic (exact) mass is 241 g/mol. The van der Waals surface area contributed by atoms with Crippen LogP contribution in [0.1, 0.15) is 59.3 Å². The topological polar surface area (TPSA) is 40.5 Å². The van der Waals surface area contributed by atoms with E-state index in [-0.39, 0.29) is 5.92 Å². The summed E-state index contributed by atoms with van der Waals surface area (Å²) in [5.41, 5.74) is -0.632. The Labute approximate surface area is 105 Å². The van der Waals surface area contributed by atoms with E-state index in [0.717, 1.165) is 32.1 Å². The van der Waals surface area contributed by atoms with Crippen molar-refractivity contribution in [1.29, 1.82) is 0 Å².